The summed E-state index contributed by atoms with van der Waals surface area (Å²) in [5, 5.41) is 0. The molecule has 0 spiro atoms. The Morgan fingerprint density at radius 1 is 1.67 bits per heavy atom. The van der Waals surface area contributed by atoms with Gasteiger partial charge in [0.1, 0.15) is 0 Å². The van der Waals surface area contributed by atoms with Gasteiger partial charge in [-0.3, -0.25) is 4.79 Å². The van der Waals surface area contributed by atoms with Crippen molar-refractivity contribution in [1.82, 2.24) is 0 Å². The topological polar surface area (TPSA) is 69.1 Å². The highest BCUT2D eigenvalue weighted by Gasteiger charge is 2.24. The summed E-state index contributed by atoms with van der Waals surface area (Å²) >= 11 is 0. The molecule has 0 fully saturated rings. The molecular formula is C9H14N2O. The zero-order valence-corrected chi connectivity index (χ0v) is 7.42. The normalized spacial score (nSPS) is 29.2. The van der Waals surface area contributed by atoms with Gasteiger partial charge in [-0.05, 0) is 26.3 Å². The van der Waals surface area contributed by atoms with E-state index in [-0.39, 0.29) is 5.78 Å². The van der Waals surface area contributed by atoms with Gasteiger partial charge in [-0.15, -0.1) is 0 Å². The van der Waals surface area contributed by atoms with Crippen LogP contribution in [-0.2, 0) is 4.79 Å². The molecule has 1 rings (SSSR count). The van der Waals surface area contributed by atoms with Crippen LogP contribution in [0.1, 0.15) is 20.3 Å². The highest BCUT2D eigenvalue weighted by atomic mass is 16.1. The van der Waals surface area contributed by atoms with Crippen molar-refractivity contribution < 1.29 is 4.79 Å². The minimum absolute atomic E-state index is 0.0356. The molecule has 0 aromatic heterocycles. The number of rotatable bonds is 1. The van der Waals surface area contributed by atoms with Crippen LogP contribution >= 0.6 is 0 Å². The monoisotopic (exact) mass is 166 g/mol. The molecular weight excluding hydrogens is 152 g/mol. The molecule has 0 radical (unpaired) electrons. The summed E-state index contributed by atoms with van der Waals surface area (Å²) < 4.78 is 0. The predicted molar refractivity (Wildman–Crippen MR) is 48.2 cm³/mol. The second-order valence-electron chi connectivity index (χ2n) is 3.44. The number of ketones is 1. The Kier molecular flexibility index (Phi) is 2.06. The molecule has 0 aromatic rings. The van der Waals surface area contributed by atoms with E-state index < -0.39 is 5.54 Å². The van der Waals surface area contributed by atoms with Gasteiger partial charge in [0.15, 0.2) is 5.78 Å². The maximum Gasteiger partial charge on any atom is 0.159 e. The van der Waals surface area contributed by atoms with E-state index in [2.05, 4.69) is 0 Å². The van der Waals surface area contributed by atoms with Crippen LogP contribution in [0.2, 0.25) is 0 Å². The molecule has 0 saturated heterocycles. The van der Waals surface area contributed by atoms with Gasteiger partial charge in [-0.25, -0.2) is 0 Å². The molecule has 0 aliphatic heterocycles. The van der Waals surface area contributed by atoms with Crippen molar-refractivity contribution in [2.45, 2.75) is 25.8 Å². The van der Waals surface area contributed by atoms with E-state index in [9.17, 15) is 4.79 Å². The largest absolute Gasteiger partial charge is 0.401 e. The van der Waals surface area contributed by atoms with Crippen molar-refractivity contribution in [1.29, 1.82) is 0 Å². The summed E-state index contributed by atoms with van der Waals surface area (Å²) in [5.74, 6) is 0.0356. The molecule has 0 bridgehead atoms. The number of allylic oxidation sites excluding steroid dienone is 2. The smallest absolute Gasteiger partial charge is 0.159 e. The van der Waals surface area contributed by atoms with Crippen LogP contribution in [0.15, 0.2) is 23.4 Å². The first-order valence-electron chi connectivity index (χ1n) is 3.91. The van der Waals surface area contributed by atoms with Crippen molar-refractivity contribution >= 4 is 5.78 Å². The van der Waals surface area contributed by atoms with Crippen molar-refractivity contribution in [2.75, 3.05) is 0 Å². The van der Waals surface area contributed by atoms with E-state index in [4.69, 9.17) is 11.5 Å². The summed E-state index contributed by atoms with van der Waals surface area (Å²) in [7, 11) is 0. The SMILES string of the molecule is CC(=O)C1=CC[C@](C)(N)C(N)=C1. The summed E-state index contributed by atoms with van der Waals surface area (Å²) in [5.41, 5.74) is 12.3. The third kappa shape index (κ3) is 1.56. The highest BCUT2D eigenvalue weighted by molar-refractivity contribution is 5.96. The van der Waals surface area contributed by atoms with E-state index in [0.717, 1.165) is 0 Å². The van der Waals surface area contributed by atoms with Gasteiger partial charge in [0.25, 0.3) is 0 Å². The molecule has 12 heavy (non-hydrogen) atoms. The van der Waals surface area contributed by atoms with E-state index >= 15 is 0 Å². The van der Waals surface area contributed by atoms with Crippen molar-refractivity contribution in [3.05, 3.63) is 23.4 Å². The van der Waals surface area contributed by atoms with Crippen LogP contribution in [0.25, 0.3) is 0 Å². The lowest BCUT2D eigenvalue weighted by atomic mass is 9.87. The first-order chi connectivity index (χ1) is 5.43. The summed E-state index contributed by atoms with van der Waals surface area (Å²) in [6.45, 7) is 3.38. The molecule has 1 atom stereocenters. The Balaban J connectivity index is 2.93. The van der Waals surface area contributed by atoms with E-state index in [0.29, 0.717) is 17.7 Å². The number of nitrogens with two attached hydrogens (primary N) is 2. The summed E-state index contributed by atoms with van der Waals surface area (Å²) in [4.78, 5) is 10.9. The number of hydrogen-bond acceptors (Lipinski definition) is 3. The molecule has 3 heteroatoms. The molecule has 66 valence electrons. The quantitative estimate of drug-likeness (QED) is 0.594. The van der Waals surface area contributed by atoms with Crippen LogP contribution in [0, 0.1) is 0 Å². The van der Waals surface area contributed by atoms with Crippen molar-refractivity contribution in [3.63, 3.8) is 0 Å². The fourth-order valence-electron chi connectivity index (χ4n) is 1.08. The average Bonchev–Trinajstić information content (AvgIpc) is 1.94. The molecule has 0 amide bonds. The van der Waals surface area contributed by atoms with E-state index in [1.54, 1.807) is 6.08 Å². The lowest BCUT2D eigenvalue weighted by Crippen LogP contribution is -2.42. The molecule has 1 aliphatic rings. The number of carbonyl (C=O) groups is 1. The molecule has 4 N–H and O–H groups in total. The molecule has 0 unspecified atom stereocenters. The zero-order valence-electron chi connectivity index (χ0n) is 7.42. The Labute approximate surface area is 72.1 Å². The maximum atomic E-state index is 10.9. The van der Waals surface area contributed by atoms with Crippen molar-refractivity contribution in [2.24, 2.45) is 11.5 Å². The van der Waals surface area contributed by atoms with Gasteiger partial charge in [-0.2, -0.15) is 0 Å². The Bertz CT molecular complexity index is 274. The second kappa shape index (κ2) is 2.75. The molecule has 0 aromatic carbocycles. The Morgan fingerprint density at radius 2 is 2.25 bits per heavy atom. The van der Waals surface area contributed by atoms with Gasteiger partial charge < -0.3 is 11.5 Å². The van der Waals surface area contributed by atoms with Gasteiger partial charge in [0.2, 0.25) is 0 Å². The van der Waals surface area contributed by atoms with Crippen LogP contribution in [0.3, 0.4) is 0 Å². The Hall–Kier alpha value is -1.09. The summed E-state index contributed by atoms with van der Waals surface area (Å²) in [6.07, 6.45) is 4.12. The third-order valence-electron chi connectivity index (χ3n) is 2.12. The van der Waals surface area contributed by atoms with Crippen LogP contribution in [0.5, 0.6) is 0 Å². The summed E-state index contributed by atoms with van der Waals surface area (Å²) in [6, 6.07) is 0. The Morgan fingerprint density at radius 3 is 2.67 bits per heavy atom. The number of carbonyl (C=O) groups excluding carboxylic acids is 1. The van der Waals surface area contributed by atoms with Gasteiger partial charge in [0.05, 0.1) is 5.54 Å². The average molecular weight is 166 g/mol. The standard InChI is InChI=1S/C9H14N2O/c1-6(12)7-3-4-9(2,11)8(10)5-7/h3,5H,4,10-11H2,1-2H3/t9-/m0/s1. The number of hydrogen-bond donors (Lipinski definition) is 2. The van der Waals surface area contributed by atoms with Gasteiger partial charge in [-0.1, -0.05) is 6.08 Å². The lowest BCUT2D eigenvalue weighted by Gasteiger charge is -2.27. The first kappa shape index (κ1) is 9.00. The van der Waals surface area contributed by atoms with E-state index in [1.807, 2.05) is 13.0 Å². The van der Waals surface area contributed by atoms with Crippen molar-refractivity contribution in [3.8, 4) is 0 Å². The highest BCUT2D eigenvalue weighted by Crippen LogP contribution is 2.22. The van der Waals surface area contributed by atoms with Gasteiger partial charge >= 0.3 is 0 Å². The maximum absolute atomic E-state index is 10.9. The molecule has 0 heterocycles. The van der Waals surface area contributed by atoms with E-state index in [1.165, 1.54) is 6.92 Å². The minimum Gasteiger partial charge on any atom is -0.401 e. The van der Waals surface area contributed by atoms with Crippen LogP contribution < -0.4 is 11.5 Å². The fourth-order valence-corrected chi connectivity index (χ4v) is 1.08. The molecule has 1 aliphatic carbocycles. The van der Waals surface area contributed by atoms with Crippen LogP contribution in [0.4, 0.5) is 0 Å². The first-order valence-corrected chi connectivity index (χ1v) is 3.91. The second-order valence-corrected chi connectivity index (χ2v) is 3.44. The minimum atomic E-state index is -0.487. The molecule has 0 saturated carbocycles. The van der Waals surface area contributed by atoms with Gasteiger partial charge in [0, 0.05) is 11.3 Å². The lowest BCUT2D eigenvalue weighted by molar-refractivity contribution is -0.113. The predicted octanol–water partition coefficient (Wildman–Crippen LogP) is 0.466. The number of Topliss-reactive ketones (excluding diaryl/α,β-unsaturated/α-hetero) is 1. The fraction of sp³-hybridized carbons (Fsp3) is 0.444. The molecule has 3 nitrogen and oxygen atoms in total. The zero-order chi connectivity index (χ0) is 9.35. The third-order valence-corrected chi connectivity index (χ3v) is 2.12. The van der Waals surface area contributed by atoms with Crippen LogP contribution in [-0.4, -0.2) is 11.3 Å².